The molecule has 0 unspecified atom stereocenters. The van der Waals surface area contributed by atoms with E-state index in [1.807, 2.05) is 0 Å². The minimum atomic E-state index is 0. The molecule has 0 aromatic heterocycles. The molecule has 4 N–H and O–H groups in total. The van der Waals surface area contributed by atoms with Gasteiger partial charge in [-0.05, 0) is 26.9 Å². The minimum Gasteiger partial charge on any atom is -0.343 e. The van der Waals surface area contributed by atoms with Crippen LogP contribution >= 0.6 is 0 Å². The zero-order valence-corrected chi connectivity index (χ0v) is 8.95. The van der Waals surface area contributed by atoms with Crippen molar-refractivity contribution in [1.82, 2.24) is 0 Å². The van der Waals surface area contributed by atoms with Gasteiger partial charge in [-0.15, -0.1) is 0 Å². The van der Waals surface area contributed by atoms with Gasteiger partial charge in [-0.2, -0.15) is 6.42 Å². The number of rotatable bonds is 1. The van der Waals surface area contributed by atoms with E-state index >= 15 is 0 Å². The van der Waals surface area contributed by atoms with Gasteiger partial charge < -0.3 is 28.6 Å². The first-order valence-corrected chi connectivity index (χ1v) is 3.12. The number of hydrogen-bond acceptors (Lipinski definition) is 4. The maximum Gasteiger partial charge on any atom is 1.00 e. The molecule has 0 saturated carbocycles. The number of nitrogens with one attached hydrogen (secondary N) is 4. The standard InChI is InChI=1S/C4H9.4CH3N.Li/c1-3-4-2;4*1-2;/h1,3-4H2,2H3;4*2H,1H2;/q-1;;;;;+1. The molecule has 0 saturated heterocycles. The maximum atomic E-state index is 5.50. The van der Waals surface area contributed by atoms with Crippen molar-refractivity contribution in [3.05, 3.63) is 6.92 Å². The van der Waals surface area contributed by atoms with Crippen LogP contribution in [0.3, 0.4) is 0 Å². The summed E-state index contributed by atoms with van der Waals surface area (Å²) in [4.78, 5) is 0. The van der Waals surface area contributed by atoms with Crippen molar-refractivity contribution >= 4 is 26.9 Å². The molecule has 0 amide bonds. The summed E-state index contributed by atoms with van der Waals surface area (Å²) in [7, 11) is 0. The van der Waals surface area contributed by atoms with Gasteiger partial charge in [0.15, 0.2) is 0 Å². The Labute approximate surface area is 94.4 Å². The summed E-state index contributed by atoms with van der Waals surface area (Å²) < 4.78 is 0. The van der Waals surface area contributed by atoms with Gasteiger partial charge in [-0.1, -0.05) is 13.3 Å². The van der Waals surface area contributed by atoms with Crippen LogP contribution in [0, 0.1) is 28.6 Å². The Morgan fingerprint density at radius 1 is 0.846 bits per heavy atom. The smallest absolute Gasteiger partial charge is 0.343 e. The molecule has 0 aromatic carbocycles. The molecule has 0 aliphatic carbocycles. The molecule has 13 heavy (non-hydrogen) atoms. The summed E-state index contributed by atoms with van der Waals surface area (Å²) in [5, 5.41) is 22.0. The Morgan fingerprint density at radius 3 is 0.923 bits per heavy atom. The van der Waals surface area contributed by atoms with Crippen LogP contribution in [0.5, 0.6) is 0 Å². The third-order valence-electron chi connectivity index (χ3n) is 0.354. The molecule has 0 aliphatic rings. The summed E-state index contributed by atoms with van der Waals surface area (Å²) in [6.45, 7) is 15.7. The van der Waals surface area contributed by atoms with Gasteiger partial charge in [0.05, 0.1) is 0 Å². The van der Waals surface area contributed by atoms with Crippen LogP contribution < -0.4 is 18.9 Å². The van der Waals surface area contributed by atoms with Crippen molar-refractivity contribution in [2.45, 2.75) is 19.8 Å². The second-order valence-corrected chi connectivity index (χ2v) is 0.854. The summed E-state index contributed by atoms with van der Waals surface area (Å²) in [5.41, 5.74) is 0. The van der Waals surface area contributed by atoms with E-state index in [0.717, 1.165) is 6.42 Å². The third-order valence-corrected chi connectivity index (χ3v) is 0.354. The fraction of sp³-hybridized carbons (Fsp3) is 0.375. The molecule has 0 aliphatic heterocycles. The zero-order chi connectivity index (χ0) is 11.4. The van der Waals surface area contributed by atoms with E-state index in [9.17, 15) is 0 Å². The largest absolute Gasteiger partial charge is 1.00 e. The molecule has 4 nitrogen and oxygen atoms in total. The zero-order valence-electron chi connectivity index (χ0n) is 8.95. The summed E-state index contributed by atoms with van der Waals surface area (Å²) in [5.74, 6) is 0. The van der Waals surface area contributed by atoms with Gasteiger partial charge in [0.1, 0.15) is 0 Å². The quantitative estimate of drug-likeness (QED) is 0.242. The van der Waals surface area contributed by atoms with Crippen LogP contribution in [0.1, 0.15) is 19.8 Å². The van der Waals surface area contributed by atoms with Crippen molar-refractivity contribution < 1.29 is 18.9 Å². The van der Waals surface area contributed by atoms with E-state index in [4.69, 9.17) is 21.6 Å². The van der Waals surface area contributed by atoms with Gasteiger partial charge in [-0.25, -0.2) is 0 Å². The predicted molar refractivity (Wildman–Crippen MR) is 59.6 cm³/mol. The fourth-order valence-corrected chi connectivity index (χ4v) is 0. The van der Waals surface area contributed by atoms with E-state index in [-0.39, 0.29) is 18.9 Å². The second-order valence-electron chi connectivity index (χ2n) is 0.854. The van der Waals surface area contributed by atoms with Crippen molar-refractivity contribution in [3.63, 3.8) is 0 Å². The topological polar surface area (TPSA) is 95.4 Å². The van der Waals surface area contributed by atoms with E-state index in [0.29, 0.717) is 0 Å². The molecule has 0 atom stereocenters. The van der Waals surface area contributed by atoms with Crippen LogP contribution in [0.15, 0.2) is 0 Å². The van der Waals surface area contributed by atoms with E-state index < -0.39 is 0 Å². The SMILES string of the molecule is C=N.C=N.C=N.C=N.[CH2-]CCC.[Li+]. The van der Waals surface area contributed by atoms with E-state index in [1.165, 1.54) is 6.42 Å². The second kappa shape index (κ2) is 730. The molecule has 5 heteroatoms. The number of hydrogen-bond donors (Lipinski definition) is 4. The first kappa shape index (κ1) is 39.6. The predicted octanol–water partition coefficient (Wildman–Crippen LogP) is -0.312. The average molecular weight is 180 g/mol. The van der Waals surface area contributed by atoms with Gasteiger partial charge >= 0.3 is 18.9 Å². The van der Waals surface area contributed by atoms with Crippen molar-refractivity contribution in [1.29, 1.82) is 21.6 Å². The molecular formula is C8H21LiN4. The van der Waals surface area contributed by atoms with Crippen molar-refractivity contribution in [3.8, 4) is 0 Å². The van der Waals surface area contributed by atoms with E-state index in [1.54, 1.807) is 0 Å². The number of unbranched alkanes of at least 4 members (excludes halogenated alkanes) is 1. The molecule has 74 valence electrons. The molecule has 0 heterocycles. The average Bonchev–Trinajstić information content (AvgIpc) is 2.29. The van der Waals surface area contributed by atoms with Crippen molar-refractivity contribution in [2.75, 3.05) is 0 Å². The molecule has 0 rings (SSSR count). The fourth-order valence-electron chi connectivity index (χ4n) is 0. The molecular weight excluding hydrogens is 159 g/mol. The molecule has 0 radical (unpaired) electrons. The van der Waals surface area contributed by atoms with E-state index in [2.05, 4.69) is 40.7 Å². The Bertz CT molecular complexity index is 37.1. The van der Waals surface area contributed by atoms with Crippen LogP contribution in [-0.2, 0) is 0 Å². The third kappa shape index (κ3) is 12600. The molecule has 0 fully saturated rings. The van der Waals surface area contributed by atoms with Crippen LogP contribution in [0.2, 0.25) is 0 Å². The first-order chi connectivity index (χ1) is 5.91. The van der Waals surface area contributed by atoms with Gasteiger partial charge in [0.2, 0.25) is 0 Å². The van der Waals surface area contributed by atoms with Gasteiger partial charge in [-0.3, -0.25) is 0 Å². The van der Waals surface area contributed by atoms with Gasteiger partial charge in [0.25, 0.3) is 0 Å². The molecule has 0 spiro atoms. The van der Waals surface area contributed by atoms with Crippen LogP contribution in [0.4, 0.5) is 0 Å². The Balaban J connectivity index is -0.0000000122. The summed E-state index contributed by atoms with van der Waals surface area (Å²) in [6, 6.07) is 0. The summed E-state index contributed by atoms with van der Waals surface area (Å²) in [6.07, 6.45) is 2.28. The molecule has 0 aromatic rings. The van der Waals surface area contributed by atoms with Crippen LogP contribution in [0.25, 0.3) is 0 Å². The maximum absolute atomic E-state index is 5.50. The van der Waals surface area contributed by atoms with Crippen LogP contribution in [-0.4, -0.2) is 26.9 Å². The monoisotopic (exact) mass is 180 g/mol. The Kier molecular flexibility index (Phi) is 2230. The minimum absolute atomic E-state index is 0. The summed E-state index contributed by atoms with van der Waals surface area (Å²) >= 11 is 0. The van der Waals surface area contributed by atoms with Gasteiger partial charge in [0, 0.05) is 0 Å². The van der Waals surface area contributed by atoms with Crippen molar-refractivity contribution in [2.24, 2.45) is 0 Å². The normalized spacial score (nSPS) is 3.54. The molecule has 0 bridgehead atoms. The first-order valence-electron chi connectivity index (χ1n) is 3.12. The Morgan fingerprint density at radius 2 is 0.923 bits per heavy atom. The Hall–Kier alpha value is -0.723.